The molecule has 3 heterocycles. The predicted octanol–water partition coefficient (Wildman–Crippen LogP) is 1.27. The van der Waals surface area contributed by atoms with Crippen LogP contribution in [-0.2, 0) is 20.0 Å². The van der Waals surface area contributed by atoms with Gasteiger partial charge >= 0.3 is 0 Å². The number of nitrogens with zero attached hydrogens (tertiary/aromatic N) is 3. The summed E-state index contributed by atoms with van der Waals surface area (Å²) in [5, 5.41) is 3.10. The molecule has 5 heteroatoms. The van der Waals surface area contributed by atoms with E-state index in [1.807, 2.05) is 36.9 Å². The number of hydrogen-bond acceptors (Lipinski definition) is 2. The molecule has 1 aliphatic rings. The number of fused-ring (bicyclic) bond motifs is 1. The van der Waals surface area contributed by atoms with E-state index < -0.39 is 0 Å². The maximum atomic E-state index is 12.2. The Hall–Kier alpha value is -2.04. The van der Waals surface area contributed by atoms with E-state index in [0.29, 0.717) is 5.69 Å². The van der Waals surface area contributed by atoms with Gasteiger partial charge in [-0.1, -0.05) is 0 Å². The zero-order valence-electron chi connectivity index (χ0n) is 11.3. The molecule has 1 aliphatic heterocycles. The Morgan fingerprint density at radius 3 is 3.11 bits per heavy atom. The average molecular weight is 258 g/mol. The van der Waals surface area contributed by atoms with E-state index >= 15 is 0 Å². The predicted molar refractivity (Wildman–Crippen MR) is 72.0 cm³/mol. The first-order chi connectivity index (χ1) is 9.13. The monoisotopic (exact) mass is 258 g/mol. The van der Waals surface area contributed by atoms with Crippen LogP contribution in [0, 0.1) is 6.92 Å². The summed E-state index contributed by atoms with van der Waals surface area (Å²) in [5.74, 6) is 1.12. The number of imidazole rings is 1. The van der Waals surface area contributed by atoms with Crippen molar-refractivity contribution in [3.05, 3.63) is 41.7 Å². The second-order valence-corrected chi connectivity index (χ2v) is 5.16. The van der Waals surface area contributed by atoms with Crippen LogP contribution < -0.4 is 5.32 Å². The van der Waals surface area contributed by atoms with Gasteiger partial charge in [0.25, 0.3) is 5.91 Å². The maximum absolute atomic E-state index is 12.2. The maximum Gasteiger partial charge on any atom is 0.268 e. The van der Waals surface area contributed by atoms with Crippen LogP contribution in [0.5, 0.6) is 0 Å². The van der Waals surface area contributed by atoms with Crippen molar-refractivity contribution in [1.29, 1.82) is 0 Å². The van der Waals surface area contributed by atoms with Crippen LogP contribution in [0.25, 0.3) is 0 Å². The third-order valence-corrected chi connectivity index (χ3v) is 3.62. The summed E-state index contributed by atoms with van der Waals surface area (Å²) in [4.78, 5) is 16.6. The molecule has 1 amide bonds. The van der Waals surface area contributed by atoms with Crippen molar-refractivity contribution in [2.45, 2.75) is 32.4 Å². The van der Waals surface area contributed by atoms with Gasteiger partial charge in [0.15, 0.2) is 0 Å². The lowest BCUT2D eigenvalue weighted by molar-refractivity contribution is 0.0919. The van der Waals surface area contributed by atoms with Crippen LogP contribution >= 0.6 is 0 Å². The molecule has 100 valence electrons. The Balaban J connectivity index is 1.69. The molecule has 19 heavy (non-hydrogen) atoms. The summed E-state index contributed by atoms with van der Waals surface area (Å²) >= 11 is 0. The standard InChI is InChI=1S/C14H18N4O/c1-10-8-18-9-11(5-6-13(18)15-10)16-14(19)12-4-3-7-17(12)2/h3-4,7-8,11H,5-6,9H2,1-2H3,(H,16,19). The fourth-order valence-electron chi connectivity index (χ4n) is 2.66. The molecule has 1 atom stereocenters. The largest absolute Gasteiger partial charge is 0.347 e. The molecule has 3 rings (SSSR count). The molecule has 0 saturated heterocycles. The molecular weight excluding hydrogens is 240 g/mol. The number of nitrogens with one attached hydrogen (secondary N) is 1. The smallest absolute Gasteiger partial charge is 0.268 e. The van der Waals surface area contributed by atoms with Crippen molar-refractivity contribution in [3.63, 3.8) is 0 Å². The van der Waals surface area contributed by atoms with Crippen molar-refractivity contribution in [3.8, 4) is 0 Å². The summed E-state index contributed by atoms with van der Waals surface area (Å²) in [6.07, 6.45) is 5.81. The van der Waals surface area contributed by atoms with E-state index in [-0.39, 0.29) is 11.9 Å². The SMILES string of the molecule is Cc1cn2c(n1)CCC(NC(=O)c1cccn1C)C2. The molecule has 1 unspecified atom stereocenters. The van der Waals surface area contributed by atoms with Crippen LogP contribution in [0.3, 0.4) is 0 Å². The Morgan fingerprint density at radius 2 is 2.37 bits per heavy atom. The molecule has 0 aromatic carbocycles. The van der Waals surface area contributed by atoms with E-state index in [2.05, 4.69) is 21.1 Å². The molecule has 0 saturated carbocycles. The molecule has 1 N–H and O–H groups in total. The van der Waals surface area contributed by atoms with E-state index in [0.717, 1.165) is 30.9 Å². The number of aryl methyl sites for hydroxylation is 3. The van der Waals surface area contributed by atoms with Crippen molar-refractivity contribution >= 4 is 5.91 Å². The molecule has 2 aromatic heterocycles. The Labute approximate surface area is 112 Å². The molecule has 0 radical (unpaired) electrons. The van der Waals surface area contributed by atoms with Gasteiger partial charge in [-0.15, -0.1) is 0 Å². The number of amides is 1. The average Bonchev–Trinajstić information content (AvgIpc) is 2.93. The number of carbonyl (C=O) groups is 1. The number of aromatic nitrogens is 3. The summed E-state index contributed by atoms with van der Waals surface area (Å²) in [5.41, 5.74) is 1.75. The van der Waals surface area contributed by atoms with Gasteiger partial charge in [0.2, 0.25) is 0 Å². The first-order valence-corrected chi connectivity index (χ1v) is 6.58. The first-order valence-electron chi connectivity index (χ1n) is 6.58. The highest BCUT2D eigenvalue weighted by Crippen LogP contribution is 2.15. The second-order valence-electron chi connectivity index (χ2n) is 5.16. The topological polar surface area (TPSA) is 51.9 Å². The highest BCUT2D eigenvalue weighted by molar-refractivity contribution is 5.92. The normalized spacial score (nSPS) is 18.1. The van der Waals surface area contributed by atoms with Crippen LogP contribution in [0.1, 0.15) is 28.4 Å². The van der Waals surface area contributed by atoms with E-state index in [9.17, 15) is 4.79 Å². The lowest BCUT2D eigenvalue weighted by Gasteiger charge is -2.24. The Morgan fingerprint density at radius 1 is 1.53 bits per heavy atom. The van der Waals surface area contributed by atoms with Gasteiger partial charge in [-0.2, -0.15) is 0 Å². The number of hydrogen-bond donors (Lipinski definition) is 1. The molecular formula is C14H18N4O. The van der Waals surface area contributed by atoms with Crippen LogP contribution in [0.4, 0.5) is 0 Å². The van der Waals surface area contributed by atoms with Gasteiger partial charge in [-0.3, -0.25) is 4.79 Å². The van der Waals surface area contributed by atoms with E-state index in [4.69, 9.17) is 0 Å². The zero-order chi connectivity index (χ0) is 13.4. The van der Waals surface area contributed by atoms with E-state index in [1.165, 1.54) is 0 Å². The molecule has 2 aromatic rings. The summed E-state index contributed by atoms with van der Waals surface area (Å²) in [7, 11) is 1.88. The summed E-state index contributed by atoms with van der Waals surface area (Å²) < 4.78 is 3.99. The molecule has 5 nitrogen and oxygen atoms in total. The lowest BCUT2D eigenvalue weighted by atomic mass is 10.1. The molecule has 0 bridgehead atoms. The van der Waals surface area contributed by atoms with Gasteiger partial charge in [-0.25, -0.2) is 4.98 Å². The summed E-state index contributed by atoms with van der Waals surface area (Å²) in [6, 6.07) is 3.90. The van der Waals surface area contributed by atoms with Crippen LogP contribution in [0.2, 0.25) is 0 Å². The Kier molecular flexibility index (Phi) is 2.89. The minimum Gasteiger partial charge on any atom is -0.347 e. The molecule has 0 fully saturated rings. The van der Waals surface area contributed by atoms with Crippen molar-refractivity contribution in [1.82, 2.24) is 19.4 Å². The zero-order valence-corrected chi connectivity index (χ0v) is 11.3. The Bertz CT molecular complexity index is 611. The fraction of sp³-hybridized carbons (Fsp3) is 0.429. The summed E-state index contributed by atoms with van der Waals surface area (Å²) in [6.45, 7) is 2.81. The van der Waals surface area contributed by atoms with Crippen molar-refractivity contribution in [2.24, 2.45) is 7.05 Å². The van der Waals surface area contributed by atoms with Gasteiger partial charge in [0, 0.05) is 38.4 Å². The number of carbonyl (C=O) groups excluding carboxylic acids is 1. The quantitative estimate of drug-likeness (QED) is 0.882. The molecule has 0 aliphatic carbocycles. The minimum absolute atomic E-state index is 0.00205. The number of rotatable bonds is 2. The highest BCUT2D eigenvalue weighted by Gasteiger charge is 2.22. The van der Waals surface area contributed by atoms with Crippen molar-refractivity contribution < 1.29 is 4.79 Å². The molecule has 0 spiro atoms. The highest BCUT2D eigenvalue weighted by atomic mass is 16.2. The van der Waals surface area contributed by atoms with Crippen molar-refractivity contribution in [2.75, 3.05) is 0 Å². The van der Waals surface area contributed by atoms with Gasteiger partial charge in [0.1, 0.15) is 11.5 Å². The van der Waals surface area contributed by atoms with Gasteiger partial charge < -0.3 is 14.5 Å². The minimum atomic E-state index is -0.00205. The third kappa shape index (κ3) is 2.28. The lowest BCUT2D eigenvalue weighted by Crippen LogP contribution is -2.41. The van der Waals surface area contributed by atoms with Crippen LogP contribution in [0.15, 0.2) is 24.5 Å². The second kappa shape index (κ2) is 4.57. The van der Waals surface area contributed by atoms with Crippen LogP contribution in [-0.4, -0.2) is 26.1 Å². The van der Waals surface area contributed by atoms with Gasteiger partial charge in [-0.05, 0) is 25.5 Å². The van der Waals surface area contributed by atoms with E-state index in [1.54, 1.807) is 0 Å². The fourth-order valence-corrected chi connectivity index (χ4v) is 2.66. The van der Waals surface area contributed by atoms with Gasteiger partial charge in [0.05, 0.1) is 5.69 Å². The first kappa shape index (κ1) is 12.0. The third-order valence-electron chi connectivity index (χ3n) is 3.62.